The Morgan fingerprint density at radius 2 is 1.40 bits per heavy atom. The minimum absolute atomic E-state index is 0.0405. The number of Topliss-reactive ketones (excluding diaryl/α,β-unsaturated/α-hetero) is 1. The number of ketones is 2. The third-order valence-electron chi connectivity index (χ3n) is 4.65. The number of hydrogen-bond donors (Lipinski definition) is 0. The summed E-state index contributed by atoms with van der Waals surface area (Å²) in [5.41, 5.74) is 2.40. The van der Waals surface area contributed by atoms with Crippen molar-refractivity contribution in [2.45, 2.75) is 19.8 Å². The number of halogens is 1. The zero-order chi connectivity index (χ0) is 21.5. The minimum atomic E-state index is -0.611. The zero-order valence-corrected chi connectivity index (χ0v) is 16.6. The number of hydrogen-bond acceptors (Lipinski definition) is 4. The van der Waals surface area contributed by atoms with E-state index in [1.807, 2.05) is 19.1 Å². The smallest absolute Gasteiger partial charge is 0.338 e. The molecular formula is C25H21FO4. The van der Waals surface area contributed by atoms with Crippen LogP contribution in [0, 0.1) is 12.7 Å². The predicted octanol–water partition coefficient (Wildman–Crippen LogP) is 5.19. The van der Waals surface area contributed by atoms with Gasteiger partial charge in [0.05, 0.1) is 12.2 Å². The summed E-state index contributed by atoms with van der Waals surface area (Å²) in [6.45, 7) is 1.97. The number of carbonyl (C=O) groups is 3. The molecule has 5 heteroatoms. The van der Waals surface area contributed by atoms with Crippen LogP contribution in [0.15, 0.2) is 72.8 Å². The van der Waals surface area contributed by atoms with Crippen LogP contribution in [0.25, 0.3) is 0 Å². The number of benzene rings is 3. The summed E-state index contributed by atoms with van der Waals surface area (Å²) in [5, 5.41) is 0. The maximum Gasteiger partial charge on any atom is 0.338 e. The van der Waals surface area contributed by atoms with E-state index in [1.54, 1.807) is 36.4 Å². The molecule has 30 heavy (non-hydrogen) atoms. The van der Waals surface area contributed by atoms with Crippen molar-refractivity contribution in [1.29, 1.82) is 0 Å². The second-order valence-corrected chi connectivity index (χ2v) is 6.91. The van der Waals surface area contributed by atoms with Crippen LogP contribution in [0.3, 0.4) is 0 Å². The summed E-state index contributed by atoms with van der Waals surface area (Å²) in [6.07, 6.45) is 0.499. The van der Waals surface area contributed by atoms with Crippen LogP contribution in [-0.2, 0) is 4.74 Å². The molecule has 3 rings (SSSR count). The number of esters is 1. The second-order valence-electron chi connectivity index (χ2n) is 6.91. The highest BCUT2D eigenvalue weighted by atomic mass is 19.1. The fourth-order valence-electron chi connectivity index (χ4n) is 2.98. The molecule has 0 saturated heterocycles. The van der Waals surface area contributed by atoms with Gasteiger partial charge < -0.3 is 4.74 Å². The van der Waals surface area contributed by atoms with Gasteiger partial charge in [-0.15, -0.1) is 0 Å². The van der Waals surface area contributed by atoms with Crippen molar-refractivity contribution >= 4 is 17.5 Å². The van der Waals surface area contributed by atoms with Crippen LogP contribution in [0.5, 0.6) is 0 Å². The molecule has 3 aromatic rings. The first kappa shape index (κ1) is 21.1. The second kappa shape index (κ2) is 9.74. The van der Waals surface area contributed by atoms with Crippen LogP contribution in [0.4, 0.5) is 4.39 Å². The maximum atomic E-state index is 12.9. The number of rotatable bonds is 8. The van der Waals surface area contributed by atoms with Crippen molar-refractivity contribution in [2.75, 3.05) is 6.61 Å². The van der Waals surface area contributed by atoms with Gasteiger partial charge in [0, 0.05) is 23.1 Å². The van der Waals surface area contributed by atoms with Gasteiger partial charge in [0.15, 0.2) is 11.6 Å². The summed E-state index contributed by atoms with van der Waals surface area (Å²) < 4.78 is 18.2. The summed E-state index contributed by atoms with van der Waals surface area (Å²) in [5.74, 6) is -1.42. The van der Waals surface area contributed by atoms with Gasteiger partial charge in [0.25, 0.3) is 0 Å². The first-order valence-electron chi connectivity index (χ1n) is 9.62. The van der Waals surface area contributed by atoms with E-state index in [9.17, 15) is 18.8 Å². The average Bonchev–Trinajstić information content (AvgIpc) is 2.77. The Kier molecular flexibility index (Phi) is 6.86. The van der Waals surface area contributed by atoms with Gasteiger partial charge >= 0.3 is 5.97 Å². The van der Waals surface area contributed by atoms with Crippen LogP contribution in [-0.4, -0.2) is 24.1 Å². The van der Waals surface area contributed by atoms with E-state index in [-0.39, 0.29) is 35.7 Å². The Morgan fingerprint density at radius 3 is 2.07 bits per heavy atom. The van der Waals surface area contributed by atoms with E-state index >= 15 is 0 Å². The number of aryl methyl sites for hydroxylation is 1. The molecule has 0 N–H and O–H groups in total. The van der Waals surface area contributed by atoms with Crippen molar-refractivity contribution < 1.29 is 23.5 Å². The molecule has 0 unspecified atom stereocenters. The maximum absolute atomic E-state index is 12.9. The third kappa shape index (κ3) is 5.26. The lowest BCUT2D eigenvalue weighted by Gasteiger charge is -2.09. The molecule has 4 nitrogen and oxygen atoms in total. The van der Waals surface area contributed by atoms with Gasteiger partial charge in [-0.05, 0) is 43.7 Å². The fourth-order valence-corrected chi connectivity index (χ4v) is 2.98. The molecule has 0 aliphatic heterocycles. The molecule has 152 valence electrons. The van der Waals surface area contributed by atoms with E-state index in [2.05, 4.69) is 0 Å². The molecule has 0 aliphatic rings. The molecule has 0 saturated carbocycles. The predicted molar refractivity (Wildman–Crippen MR) is 111 cm³/mol. The monoisotopic (exact) mass is 404 g/mol. The highest BCUT2D eigenvalue weighted by Crippen LogP contribution is 2.17. The van der Waals surface area contributed by atoms with E-state index in [0.29, 0.717) is 17.5 Å². The SMILES string of the molecule is Cc1ccc(C(=O)c2ccccc2C(=O)OCCCC(=O)c2ccc(F)cc2)cc1. The standard InChI is InChI=1S/C25H21FO4/c1-17-8-10-19(11-9-17)24(28)21-5-2-3-6-22(21)25(29)30-16-4-7-23(27)18-12-14-20(26)15-13-18/h2-3,5-6,8-15H,4,7,16H2,1H3. The highest BCUT2D eigenvalue weighted by Gasteiger charge is 2.19. The quantitative estimate of drug-likeness (QED) is 0.295. The molecule has 0 fully saturated rings. The Bertz CT molecular complexity index is 1050. The summed E-state index contributed by atoms with van der Waals surface area (Å²) in [7, 11) is 0. The Hall–Kier alpha value is -3.60. The van der Waals surface area contributed by atoms with E-state index < -0.39 is 11.8 Å². The lowest BCUT2D eigenvalue weighted by atomic mass is 9.98. The Labute approximate surface area is 174 Å². The third-order valence-corrected chi connectivity index (χ3v) is 4.65. The molecule has 0 heterocycles. The Balaban J connectivity index is 1.59. The van der Waals surface area contributed by atoms with Crippen molar-refractivity contribution in [3.8, 4) is 0 Å². The molecule has 0 amide bonds. The topological polar surface area (TPSA) is 60.4 Å². The van der Waals surface area contributed by atoms with Gasteiger partial charge in [-0.3, -0.25) is 9.59 Å². The first-order valence-corrected chi connectivity index (χ1v) is 9.62. The largest absolute Gasteiger partial charge is 0.462 e. The fraction of sp³-hybridized carbons (Fsp3) is 0.160. The summed E-state index contributed by atoms with van der Waals surface area (Å²) in [6, 6.07) is 18.9. The Morgan fingerprint density at radius 1 is 0.800 bits per heavy atom. The van der Waals surface area contributed by atoms with Gasteiger partial charge in [-0.1, -0.05) is 48.0 Å². The molecule has 0 bridgehead atoms. The lowest BCUT2D eigenvalue weighted by molar-refractivity contribution is 0.0491. The lowest BCUT2D eigenvalue weighted by Crippen LogP contribution is -2.13. The molecule has 0 aromatic heterocycles. The highest BCUT2D eigenvalue weighted by molar-refractivity contribution is 6.14. The number of ether oxygens (including phenoxy) is 1. The van der Waals surface area contributed by atoms with Crippen LogP contribution < -0.4 is 0 Å². The van der Waals surface area contributed by atoms with Crippen LogP contribution >= 0.6 is 0 Å². The van der Waals surface area contributed by atoms with E-state index in [0.717, 1.165) is 5.56 Å². The van der Waals surface area contributed by atoms with Gasteiger partial charge in [0.1, 0.15) is 5.82 Å². The average molecular weight is 404 g/mol. The van der Waals surface area contributed by atoms with Crippen molar-refractivity contribution in [2.24, 2.45) is 0 Å². The van der Waals surface area contributed by atoms with Gasteiger partial charge in [0.2, 0.25) is 0 Å². The van der Waals surface area contributed by atoms with Crippen molar-refractivity contribution in [1.82, 2.24) is 0 Å². The molecule has 3 aromatic carbocycles. The van der Waals surface area contributed by atoms with E-state index in [4.69, 9.17) is 4.74 Å². The minimum Gasteiger partial charge on any atom is -0.462 e. The molecule has 0 aliphatic carbocycles. The normalized spacial score (nSPS) is 10.5. The van der Waals surface area contributed by atoms with Crippen LogP contribution in [0.1, 0.15) is 55.0 Å². The number of carbonyl (C=O) groups excluding carboxylic acids is 3. The van der Waals surface area contributed by atoms with Gasteiger partial charge in [-0.25, -0.2) is 9.18 Å². The van der Waals surface area contributed by atoms with Crippen LogP contribution in [0.2, 0.25) is 0 Å². The molecule has 0 atom stereocenters. The molecule has 0 spiro atoms. The molecular weight excluding hydrogens is 383 g/mol. The zero-order valence-electron chi connectivity index (χ0n) is 16.6. The summed E-state index contributed by atoms with van der Waals surface area (Å²) >= 11 is 0. The summed E-state index contributed by atoms with van der Waals surface area (Å²) in [4.78, 5) is 37.4. The van der Waals surface area contributed by atoms with Gasteiger partial charge in [-0.2, -0.15) is 0 Å². The van der Waals surface area contributed by atoms with Crippen molar-refractivity contribution in [3.05, 3.63) is 106 Å². The first-order chi connectivity index (χ1) is 14.5. The van der Waals surface area contributed by atoms with Crippen molar-refractivity contribution in [3.63, 3.8) is 0 Å². The van der Waals surface area contributed by atoms with E-state index in [1.165, 1.54) is 24.3 Å². The molecule has 0 radical (unpaired) electrons.